The van der Waals surface area contributed by atoms with Gasteiger partial charge in [0.25, 0.3) is 0 Å². The lowest BCUT2D eigenvalue weighted by Gasteiger charge is -2.23. The SMILES string of the molecule is Nc1cccc(NCC2COCCO2)n1. The number of hydrogen-bond acceptors (Lipinski definition) is 5. The Kier molecular flexibility index (Phi) is 3.37. The zero-order valence-corrected chi connectivity index (χ0v) is 8.48. The zero-order chi connectivity index (χ0) is 10.5. The maximum atomic E-state index is 5.56. The molecule has 1 aliphatic rings. The lowest BCUT2D eigenvalue weighted by molar-refractivity contribution is -0.0819. The van der Waals surface area contributed by atoms with E-state index in [4.69, 9.17) is 15.2 Å². The van der Waals surface area contributed by atoms with Gasteiger partial charge < -0.3 is 20.5 Å². The predicted molar refractivity (Wildman–Crippen MR) is 57.7 cm³/mol. The minimum atomic E-state index is 0.0991. The molecule has 0 bridgehead atoms. The number of nitrogen functional groups attached to an aromatic ring is 1. The first-order chi connectivity index (χ1) is 7.34. The van der Waals surface area contributed by atoms with Crippen molar-refractivity contribution in [2.24, 2.45) is 0 Å². The van der Waals surface area contributed by atoms with Crippen LogP contribution in [0.2, 0.25) is 0 Å². The number of hydrogen-bond donors (Lipinski definition) is 2. The summed E-state index contributed by atoms with van der Waals surface area (Å²) in [6, 6.07) is 5.49. The second-order valence-electron chi connectivity index (χ2n) is 3.40. The summed E-state index contributed by atoms with van der Waals surface area (Å²) in [5, 5.41) is 3.16. The molecule has 0 radical (unpaired) electrons. The first-order valence-corrected chi connectivity index (χ1v) is 5.00. The molecule has 1 saturated heterocycles. The van der Waals surface area contributed by atoms with Gasteiger partial charge in [0.1, 0.15) is 11.6 Å². The molecule has 0 amide bonds. The molecule has 0 spiro atoms. The summed E-state index contributed by atoms with van der Waals surface area (Å²) >= 11 is 0. The molecule has 82 valence electrons. The van der Waals surface area contributed by atoms with Crippen molar-refractivity contribution in [1.82, 2.24) is 4.98 Å². The van der Waals surface area contributed by atoms with Crippen molar-refractivity contribution >= 4 is 11.6 Å². The van der Waals surface area contributed by atoms with E-state index >= 15 is 0 Å². The molecule has 5 nitrogen and oxygen atoms in total. The van der Waals surface area contributed by atoms with E-state index in [-0.39, 0.29) is 6.10 Å². The van der Waals surface area contributed by atoms with Gasteiger partial charge in [0.15, 0.2) is 0 Å². The highest BCUT2D eigenvalue weighted by molar-refractivity contribution is 5.42. The molecule has 1 aromatic rings. The summed E-state index contributed by atoms with van der Waals surface area (Å²) in [5.41, 5.74) is 5.56. The van der Waals surface area contributed by atoms with Gasteiger partial charge in [0.05, 0.1) is 25.9 Å². The molecule has 5 heteroatoms. The number of pyridine rings is 1. The molecule has 2 heterocycles. The minimum Gasteiger partial charge on any atom is -0.384 e. The quantitative estimate of drug-likeness (QED) is 0.758. The molecular weight excluding hydrogens is 194 g/mol. The summed E-state index contributed by atoms with van der Waals surface area (Å²) < 4.78 is 10.8. The molecule has 1 fully saturated rings. The van der Waals surface area contributed by atoms with Gasteiger partial charge in [-0.1, -0.05) is 6.07 Å². The van der Waals surface area contributed by atoms with E-state index < -0.39 is 0 Å². The minimum absolute atomic E-state index is 0.0991. The van der Waals surface area contributed by atoms with Crippen LogP contribution in [0.5, 0.6) is 0 Å². The van der Waals surface area contributed by atoms with E-state index in [2.05, 4.69) is 10.3 Å². The number of nitrogens with two attached hydrogens (primary N) is 1. The molecule has 0 aliphatic carbocycles. The Balaban J connectivity index is 1.81. The molecule has 2 rings (SSSR count). The van der Waals surface area contributed by atoms with Gasteiger partial charge in [-0.15, -0.1) is 0 Å². The third-order valence-electron chi connectivity index (χ3n) is 2.17. The smallest absolute Gasteiger partial charge is 0.128 e. The average molecular weight is 209 g/mol. The van der Waals surface area contributed by atoms with Crippen LogP contribution in [-0.2, 0) is 9.47 Å². The van der Waals surface area contributed by atoms with Gasteiger partial charge in [-0.25, -0.2) is 4.98 Å². The first kappa shape index (κ1) is 10.2. The highest BCUT2D eigenvalue weighted by Crippen LogP contribution is 2.07. The Morgan fingerprint density at radius 1 is 1.47 bits per heavy atom. The van der Waals surface area contributed by atoms with E-state index in [1.165, 1.54) is 0 Å². The summed E-state index contributed by atoms with van der Waals surface area (Å²) in [6.07, 6.45) is 0.0991. The fourth-order valence-corrected chi connectivity index (χ4v) is 1.42. The highest BCUT2D eigenvalue weighted by atomic mass is 16.6. The van der Waals surface area contributed by atoms with Crippen molar-refractivity contribution < 1.29 is 9.47 Å². The Bertz CT molecular complexity index is 313. The zero-order valence-electron chi connectivity index (χ0n) is 8.48. The molecule has 1 atom stereocenters. The van der Waals surface area contributed by atoms with E-state index in [9.17, 15) is 0 Å². The molecular formula is C10H15N3O2. The first-order valence-electron chi connectivity index (χ1n) is 5.00. The van der Waals surface area contributed by atoms with Crippen molar-refractivity contribution in [3.63, 3.8) is 0 Å². The van der Waals surface area contributed by atoms with Gasteiger partial charge in [0, 0.05) is 6.54 Å². The summed E-state index contributed by atoms with van der Waals surface area (Å²) in [4.78, 5) is 4.13. The largest absolute Gasteiger partial charge is 0.384 e. The van der Waals surface area contributed by atoms with Crippen molar-refractivity contribution in [2.75, 3.05) is 37.4 Å². The van der Waals surface area contributed by atoms with Crippen LogP contribution in [-0.4, -0.2) is 37.5 Å². The van der Waals surface area contributed by atoms with Gasteiger partial charge in [0.2, 0.25) is 0 Å². The third-order valence-corrected chi connectivity index (χ3v) is 2.17. The molecule has 0 saturated carbocycles. The van der Waals surface area contributed by atoms with E-state index in [1.54, 1.807) is 6.07 Å². The predicted octanol–water partition coefficient (Wildman–Crippen LogP) is 0.491. The fraction of sp³-hybridized carbons (Fsp3) is 0.500. The average Bonchev–Trinajstić information content (AvgIpc) is 2.28. The monoisotopic (exact) mass is 209 g/mol. The van der Waals surface area contributed by atoms with Crippen LogP contribution in [0, 0.1) is 0 Å². The Hall–Kier alpha value is -1.33. The number of anilines is 2. The van der Waals surface area contributed by atoms with Crippen molar-refractivity contribution in [3.8, 4) is 0 Å². The lowest BCUT2D eigenvalue weighted by atomic mass is 10.3. The lowest BCUT2D eigenvalue weighted by Crippen LogP contribution is -2.34. The summed E-state index contributed by atoms with van der Waals surface area (Å²) in [5.74, 6) is 1.28. The molecule has 1 aromatic heterocycles. The Morgan fingerprint density at radius 3 is 3.13 bits per heavy atom. The second-order valence-corrected chi connectivity index (χ2v) is 3.40. The molecule has 1 unspecified atom stereocenters. The summed E-state index contributed by atoms with van der Waals surface area (Å²) in [7, 11) is 0. The molecule has 0 aromatic carbocycles. The van der Waals surface area contributed by atoms with Crippen LogP contribution < -0.4 is 11.1 Å². The van der Waals surface area contributed by atoms with Crippen LogP contribution in [0.4, 0.5) is 11.6 Å². The Morgan fingerprint density at radius 2 is 2.40 bits per heavy atom. The number of ether oxygens (including phenoxy) is 2. The molecule has 15 heavy (non-hydrogen) atoms. The summed E-state index contributed by atoms with van der Waals surface area (Å²) in [6.45, 7) is 2.68. The maximum Gasteiger partial charge on any atom is 0.128 e. The fourth-order valence-electron chi connectivity index (χ4n) is 1.42. The normalized spacial score (nSPS) is 21.2. The molecule has 1 aliphatic heterocycles. The standard InChI is InChI=1S/C10H15N3O2/c11-9-2-1-3-10(13-9)12-6-8-7-14-4-5-15-8/h1-3,8H,4-7H2,(H3,11,12,13). The van der Waals surface area contributed by atoms with Crippen LogP contribution in [0.25, 0.3) is 0 Å². The van der Waals surface area contributed by atoms with Crippen LogP contribution in [0.15, 0.2) is 18.2 Å². The van der Waals surface area contributed by atoms with Crippen molar-refractivity contribution in [1.29, 1.82) is 0 Å². The second kappa shape index (κ2) is 4.95. The van der Waals surface area contributed by atoms with Crippen LogP contribution in [0.3, 0.4) is 0 Å². The number of nitrogens with zero attached hydrogens (tertiary/aromatic N) is 1. The molecule has 3 N–H and O–H groups in total. The Labute approximate surface area is 88.6 Å². The number of rotatable bonds is 3. The topological polar surface area (TPSA) is 69.4 Å². The third kappa shape index (κ3) is 3.07. The van der Waals surface area contributed by atoms with Gasteiger partial charge in [-0.3, -0.25) is 0 Å². The van der Waals surface area contributed by atoms with E-state index in [0.29, 0.717) is 32.2 Å². The van der Waals surface area contributed by atoms with E-state index in [1.807, 2.05) is 12.1 Å². The maximum absolute atomic E-state index is 5.56. The van der Waals surface area contributed by atoms with Crippen LogP contribution >= 0.6 is 0 Å². The van der Waals surface area contributed by atoms with Gasteiger partial charge in [-0.2, -0.15) is 0 Å². The van der Waals surface area contributed by atoms with Gasteiger partial charge >= 0.3 is 0 Å². The van der Waals surface area contributed by atoms with E-state index in [0.717, 1.165) is 5.82 Å². The van der Waals surface area contributed by atoms with Crippen molar-refractivity contribution in [2.45, 2.75) is 6.10 Å². The van der Waals surface area contributed by atoms with Crippen LogP contribution in [0.1, 0.15) is 0 Å². The number of aromatic nitrogens is 1. The van der Waals surface area contributed by atoms with Gasteiger partial charge in [-0.05, 0) is 12.1 Å². The highest BCUT2D eigenvalue weighted by Gasteiger charge is 2.13. The number of nitrogens with one attached hydrogen (secondary N) is 1. The van der Waals surface area contributed by atoms with Crippen molar-refractivity contribution in [3.05, 3.63) is 18.2 Å².